The van der Waals surface area contributed by atoms with Gasteiger partial charge < -0.3 is 15.5 Å². The standard InChI is InChI=1S/C23H23F3N6O2/c1-2-34-18-4-3-14(9-16(18)23(24,25)26)15-11-29-17(10-27)21-20(15)30-19(31-21)12-32-7-5-13(6-8-32)22(28)33/h3-4,9,11,13H,2,5-8,12H2,1H3,(H2,28,33)(H,30,31). The number of hydrogen-bond acceptors (Lipinski definition) is 6. The molecular formula is C23H23F3N6O2. The number of H-pyrrole nitrogens is 1. The maximum absolute atomic E-state index is 13.6. The summed E-state index contributed by atoms with van der Waals surface area (Å²) in [6.45, 7) is 3.47. The number of nitrogens with two attached hydrogens (primary N) is 1. The Labute approximate surface area is 193 Å². The number of ether oxygens (including phenoxy) is 1. The fraction of sp³-hybridized carbons (Fsp3) is 0.391. The van der Waals surface area contributed by atoms with Gasteiger partial charge in [-0.2, -0.15) is 18.4 Å². The Hall–Kier alpha value is -3.65. The van der Waals surface area contributed by atoms with Crippen molar-refractivity contribution in [1.82, 2.24) is 19.9 Å². The molecule has 178 valence electrons. The highest BCUT2D eigenvalue weighted by atomic mass is 19.4. The van der Waals surface area contributed by atoms with Gasteiger partial charge in [-0.05, 0) is 50.6 Å². The van der Waals surface area contributed by atoms with Gasteiger partial charge in [0.25, 0.3) is 0 Å². The summed E-state index contributed by atoms with van der Waals surface area (Å²) in [5, 5.41) is 9.48. The Morgan fingerprint density at radius 2 is 2.09 bits per heavy atom. The maximum Gasteiger partial charge on any atom is 0.419 e. The number of halogens is 3. The predicted molar refractivity (Wildman–Crippen MR) is 117 cm³/mol. The summed E-state index contributed by atoms with van der Waals surface area (Å²) >= 11 is 0. The van der Waals surface area contributed by atoms with Crippen molar-refractivity contribution in [3.05, 3.63) is 41.5 Å². The quantitative estimate of drug-likeness (QED) is 0.565. The predicted octanol–water partition coefficient (Wildman–Crippen LogP) is 3.61. The van der Waals surface area contributed by atoms with Crippen molar-refractivity contribution >= 4 is 16.9 Å². The zero-order chi connectivity index (χ0) is 24.5. The molecule has 2 aromatic heterocycles. The molecule has 1 aromatic carbocycles. The van der Waals surface area contributed by atoms with Crippen molar-refractivity contribution < 1.29 is 22.7 Å². The first kappa shape index (κ1) is 23.5. The number of likely N-dealkylation sites (tertiary alicyclic amines) is 1. The topological polar surface area (TPSA) is 121 Å². The summed E-state index contributed by atoms with van der Waals surface area (Å²) in [7, 11) is 0. The van der Waals surface area contributed by atoms with Gasteiger partial charge in [0, 0.05) is 17.7 Å². The molecule has 4 rings (SSSR count). The monoisotopic (exact) mass is 472 g/mol. The normalized spacial score (nSPS) is 15.4. The summed E-state index contributed by atoms with van der Waals surface area (Å²) in [5.74, 6) is -0.138. The number of imidazole rings is 1. The number of aromatic nitrogens is 3. The number of amides is 1. The van der Waals surface area contributed by atoms with Crippen LogP contribution in [0.15, 0.2) is 24.4 Å². The van der Waals surface area contributed by atoms with E-state index in [0.29, 0.717) is 54.9 Å². The Morgan fingerprint density at radius 3 is 2.71 bits per heavy atom. The molecule has 1 aliphatic rings. The molecule has 3 heterocycles. The molecule has 0 aliphatic carbocycles. The lowest BCUT2D eigenvalue weighted by Gasteiger charge is -2.29. The van der Waals surface area contributed by atoms with Crippen molar-refractivity contribution in [1.29, 1.82) is 5.26 Å². The van der Waals surface area contributed by atoms with E-state index in [4.69, 9.17) is 10.5 Å². The van der Waals surface area contributed by atoms with Crippen molar-refractivity contribution in [3.8, 4) is 22.9 Å². The molecule has 1 aliphatic heterocycles. The Balaban J connectivity index is 1.70. The fourth-order valence-corrected chi connectivity index (χ4v) is 4.20. The lowest BCUT2D eigenvalue weighted by atomic mass is 9.96. The first-order valence-corrected chi connectivity index (χ1v) is 10.8. The lowest BCUT2D eigenvalue weighted by Crippen LogP contribution is -2.38. The van der Waals surface area contributed by atoms with Gasteiger partial charge in [0.1, 0.15) is 28.7 Å². The molecule has 0 unspecified atom stereocenters. The maximum atomic E-state index is 13.6. The minimum Gasteiger partial charge on any atom is -0.493 e. The number of nitriles is 1. The summed E-state index contributed by atoms with van der Waals surface area (Å²) in [4.78, 5) is 25.3. The second kappa shape index (κ2) is 9.30. The van der Waals surface area contributed by atoms with E-state index >= 15 is 0 Å². The highest BCUT2D eigenvalue weighted by Crippen LogP contribution is 2.40. The third-order valence-corrected chi connectivity index (χ3v) is 5.93. The number of alkyl halides is 3. The summed E-state index contributed by atoms with van der Waals surface area (Å²) in [6.07, 6.45) is -1.94. The van der Waals surface area contributed by atoms with Crippen LogP contribution in [0.25, 0.3) is 22.2 Å². The molecule has 0 spiro atoms. The lowest BCUT2D eigenvalue weighted by molar-refractivity contribution is -0.138. The van der Waals surface area contributed by atoms with E-state index in [-0.39, 0.29) is 35.4 Å². The van der Waals surface area contributed by atoms with E-state index in [0.717, 1.165) is 6.07 Å². The van der Waals surface area contributed by atoms with Crippen molar-refractivity contribution in [2.24, 2.45) is 11.7 Å². The summed E-state index contributed by atoms with van der Waals surface area (Å²) < 4.78 is 46.1. The van der Waals surface area contributed by atoms with Crippen LogP contribution in [0.4, 0.5) is 13.2 Å². The van der Waals surface area contributed by atoms with Crippen LogP contribution in [0.1, 0.15) is 36.8 Å². The van der Waals surface area contributed by atoms with E-state index in [1.165, 1.54) is 18.3 Å². The van der Waals surface area contributed by atoms with Crippen LogP contribution in [0.2, 0.25) is 0 Å². The van der Waals surface area contributed by atoms with Gasteiger partial charge in [-0.1, -0.05) is 6.07 Å². The minimum absolute atomic E-state index is 0.102. The van der Waals surface area contributed by atoms with Gasteiger partial charge in [-0.3, -0.25) is 9.69 Å². The molecule has 8 nitrogen and oxygen atoms in total. The average molecular weight is 472 g/mol. The van der Waals surface area contributed by atoms with Gasteiger partial charge in [-0.25, -0.2) is 9.97 Å². The third-order valence-electron chi connectivity index (χ3n) is 5.93. The summed E-state index contributed by atoms with van der Waals surface area (Å²) in [6, 6.07) is 5.81. The number of piperidine rings is 1. The zero-order valence-electron chi connectivity index (χ0n) is 18.4. The van der Waals surface area contributed by atoms with Gasteiger partial charge in [0.05, 0.1) is 18.7 Å². The van der Waals surface area contributed by atoms with E-state index < -0.39 is 11.7 Å². The molecule has 1 fully saturated rings. The smallest absolute Gasteiger partial charge is 0.419 e. The van der Waals surface area contributed by atoms with E-state index in [9.17, 15) is 23.2 Å². The first-order valence-electron chi connectivity index (χ1n) is 10.8. The highest BCUT2D eigenvalue weighted by Gasteiger charge is 2.35. The number of pyridine rings is 1. The molecule has 1 saturated heterocycles. The van der Waals surface area contributed by atoms with Crippen LogP contribution in [-0.2, 0) is 17.5 Å². The molecular weight excluding hydrogens is 449 g/mol. The zero-order valence-corrected chi connectivity index (χ0v) is 18.4. The molecule has 11 heteroatoms. The average Bonchev–Trinajstić information content (AvgIpc) is 3.22. The number of carbonyl (C=O) groups excluding carboxylic acids is 1. The van der Waals surface area contributed by atoms with E-state index in [1.807, 2.05) is 6.07 Å². The van der Waals surface area contributed by atoms with Gasteiger partial charge in [-0.15, -0.1) is 0 Å². The molecule has 0 radical (unpaired) electrons. The number of nitrogens with one attached hydrogen (secondary N) is 1. The van der Waals surface area contributed by atoms with Crippen LogP contribution in [0.3, 0.4) is 0 Å². The minimum atomic E-state index is -4.60. The Bertz CT molecular complexity index is 1260. The largest absolute Gasteiger partial charge is 0.493 e. The molecule has 3 aromatic rings. The number of benzene rings is 1. The van der Waals surface area contributed by atoms with Crippen LogP contribution in [0, 0.1) is 17.2 Å². The number of carbonyl (C=O) groups is 1. The number of rotatable bonds is 6. The van der Waals surface area contributed by atoms with Crippen LogP contribution in [-0.4, -0.2) is 45.5 Å². The highest BCUT2D eigenvalue weighted by molar-refractivity contribution is 5.94. The van der Waals surface area contributed by atoms with E-state index in [1.54, 1.807) is 6.92 Å². The van der Waals surface area contributed by atoms with Crippen molar-refractivity contribution in [2.75, 3.05) is 19.7 Å². The van der Waals surface area contributed by atoms with Gasteiger partial charge in [0.2, 0.25) is 5.91 Å². The Morgan fingerprint density at radius 1 is 1.35 bits per heavy atom. The number of fused-ring (bicyclic) bond motifs is 1. The molecule has 0 bridgehead atoms. The molecule has 1 amide bonds. The molecule has 0 atom stereocenters. The molecule has 34 heavy (non-hydrogen) atoms. The summed E-state index contributed by atoms with van der Waals surface area (Å²) in [5.41, 5.74) is 5.97. The SMILES string of the molecule is CCOc1ccc(-c2cnc(C#N)c3[nH]c(CN4CCC(C(N)=O)CC4)nc23)cc1C(F)(F)F. The van der Waals surface area contributed by atoms with E-state index in [2.05, 4.69) is 19.9 Å². The molecule has 0 saturated carbocycles. The third kappa shape index (κ3) is 4.68. The number of nitrogens with zero attached hydrogens (tertiary/aromatic N) is 4. The first-order chi connectivity index (χ1) is 16.2. The molecule has 3 N–H and O–H groups in total. The fourth-order valence-electron chi connectivity index (χ4n) is 4.20. The van der Waals surface area contributed by atoms with Crippen LogP contribution < -0.4 is 10.5 Å². The second-order valence-electron chi connectivity index (χ2n) is 8.13. The van der Waals surface area contributed by atoms with Crippen molar-refractivity contribution in [2.45, 2.75) is 32.5 Å². The van der Waals surface area contributed by atoms with Gasteiger partial charge >= 0.3 is 6.18 Å². The van der Waals surface area contributed by atoms with Crippen molar-refractivity contribution in [3.63, 3.8) is 0 Å². The van der Waals surface area contributed by atoms with Crippen LogP contribution in [0.5, 0.6) is 5.75 Å². The van der Waals surface area contributed by atoms with Gasteiger partial charge in [0.15, 0.2) is 5.69 Å². The number of aromatic amines is 1. The number of hydrogen-bond donors (Lipinski definition) is 2. The van der Waals surface area contributed by atoms with Crippen LogP contribution >= 0.6 is 0 Å². The second-order valence-corrected chi connectivity index (χ2v) is 8.13. The number of primary amides is 1. The Kier molecular flexibility index (Phi) is 6.43.